The van der Waals surface area contributed by atoms with Crippen LogP contribution in [0.5, 0.6) is 5.75 Å². The van der Waals surface area contributed by atoms with Gasteiger partial charge in [0.1, 0.15) is 23.7 Å². The number of rotatable bonds is 4. The second kappa shape index (κ2) is 7.18. The summed E-state index contributed by atoms with van der Waals surface area (Å²) in [6.07, 6.45) is 4.59. The van der Waals surface area contributed by atoms with Crippen molar-refractivity contribution in [3.05, 3.63) is 41.9 Å². The average molecular weight is 337 g/mol. The maximum Gasteiger partial charge on any atom is 0.247 e. The van der Waals surface area contributed by atoms with Crippen molar-refractivity contribution in [2.75, 3.05) is 23.9 Å². The van der Waals surface area contributed by atoms with Crippen LogP contribution in [0.2, 0.25) is 0 Å². The summed E-state index contributed by atoms with van der Waals surface area (Å²) in [6, 6.07) is 7.27. The Kier molecular flexibility index (Phi) is 4.80. The van der Waals surface area contributed by atoms with E-state index in [1.165, 1.54) is 12.4 Å². The number of methoxy groups -OCH3 is 1. The van der Waals surface area contributed by atoms with Crippen LogP contribution in [0.3, 0.4) is 0 Å². The molecule has 128 valence electrons. The van der Waals surface area contributed by atoms with E-state index in [9.17, 15) is 4.79 Å². The van der Waals surface area contributed by atoms with Crippen LogP contribution in [0.15, 0.2) is 30.6 Å². The first-order valence-electron chi connectivity index (χ1n) is 8.06. The van der Waals surface area contributed by atoms with Gasteiger partial charge in [-0.2, -0.15) is 5.26 Å². The lowest BCUT2D eigenvalue weighted by atomic mass is 10.1. The summed E-state index contributed by atoms with van der Waals surface area (Å²) in [6.45, 7) is 2.69. The summed E-state index contributed by atoms with van der Waals surface area (Å²) in [5.41, 5.74) is 1.95. The number of aryl methyl sites for hydroxylation is 1. The van der Waals surface area contributed by atoms with Gasteiger partial charge < -0.3 is 15.0 Å². The third-order valence-electron chi connectivity index (χ3n) is 4.22. The standard InChI is InChI=1S/C18H19N5O2/c1-12-5-6-16(25-2)14(8-12)22-18(24)15-4-3-7-23(15)17-11-20-13(9-19)10-21-17/h5-6,8,10-11,15H,3-4,7H2,1-2H3,(H,22,24)/t15-/m1/s1. The summed E-state index contributed by atoms with van der Waals surface area (Å²) in [4.78, 5) is 23.0. The number of carbonyl (C=O) groups is 1. The molecule has 1 saturated heterocycles. The van der Waals surface area contributed by atoms with Crippen LogP contribution < -0.4 is 15.0 Å². The molecule has 7 nitrogen and oxygen atoms in total. The molecule has 2 heterocycles. The van der Waals surface area contributed by atoms with Crippen molar-refractivity contribution >= 4 is 17.4 Å². The molecule has 0 unspecified atom stereocenters. The Morgan fingerprint density at radius 3 is 2.92 bits per heavy atom. The zero-order valence-electron chi connectivity index (χ0n) is 14.2. The maximum absolute atomic E-state index is 12.8. The van der Waals surface area contributed by atoms with Crippen molar-refractivity contribution in [2.24, 2.45) is 0 Å². The van der Waals surface area contributed by atoms with E-state index in [4.69, 9.17) is 10.00 Å². The Morgan fingerprint density at radius 1 is 1.40 bits per heavy atom. The molecule has 3 rings (SSSR count). The number of hydrogen-bond donors (Lipinski definition) is 1. The molecule has 7 heteroatoms. The highest BCUT2D eigenvalue weighted by Gasteiger charge is 2.32. The Bertz CT molecular complexity index is 813. The molecule has 1 atom stereocenters. The molecule has 1 amide bonds. The predicted molar refractivity (Wildman–Crippen MR) is 93.5 cm³/mol. The second-order valence-corrected chi connectivity index (χ2v) is 5.92. The third kappa shape index (κ3) is 3.53. The topological polar surface area (TPSA) is 91.1 Å². The van der Waals surface area contributed by atoms with Crippen molar-refractivity contribution in [1.82, 2.24) is 9.97 Å². The van der Waals surface area contributed by atoms with Gasteiger partial charge in [0.2, 0.25) is 5.91 Å². The smallest absolute Gasteiger partial charge is 0.247 e. The molecule has 1 aliphatic rings. The van der Waals surface area contributed by atoms with E-state index in [-0.39, 0.29) is 17.6 Å². The minimum Gasteiger partial charge on any atom is -0.495 e. The van der Waals surface area contributed by atoms with Crippen LogP contribution in [0, 0.1) is 18.3 Å². The van der Waals surface area contributed by atoms with Crippen molar-refractivity contribution in [3.8, 4) is 11.8 Å². The molecule has 25 heavy (non-hydrogen) atoms. The first-order valence-corrected chi connectivity index (χ1v) is 8.06. The number of nitrogens with zero attached hydrogens (tertiary/aromatic N) is 4. The molecule has 0 spiro atoms. The molecule has 0 saturated carbocycles. The average Bonchev–Trinajstić information content (AvgIpc) is 3.12. The fourth-order valence-electron chi connectivity index (χ4n) is 2.98. The van der Waals surface area contributed by atoms with E-state index in [0.717, 1.165) is 24.9 Å². The molecule has 0 radical (unpaired) electrons. The fourth-order valence-corrected chi connectivity index (χ4v) is 2.98. The number of carbonyl (C=O) groups excluding carboxylic acids is 1. The van der Waals surface area contributed by atoms with Crippen molar-refractivity contribution in [1.29, 1.82) is 5.26 Å². The summed E-state index contributed by atoms with van der Waals surface area (Å²) in [5.74, 6) is 1.13. The van der Waals surface area contributed by atoms with E-state index in [1.807, 2.05) is 36.1 Å². The van der Waals surface area contributed by atoms with Gasteiger partial charge in [0.15, 0.2) is 5.69 Å². The number of nitrogens with one attached hydrogen (secondary N) is 1. The van der Waals surface area contributed by atoms with E-state index >= 15 is 0 Å². The quantitative estimate of drug-likeness (QED) is 0.920. The van der Waals surface area contributed by atoms with Gasteiger partial charge in [0.05, 0.1) is 25.2 Å². The summed E-state index contributed by atoms with van der Waals surface area (Å²) >= 11 is 0. The number of aromatic nitrogens is 2. The Labute approximate surface area is 146 Å². The minimum absolute atomic E-state index is 0.104. The second-order valence-electron chi connectivity index (χ2n) is 5.92. The number of hydrogen-bond acceptors (Lipinski definition) is 6. The lowest BCUT2D eigenvalue weighted by Crippen LogP contribution is -2.40. The highest BCUT2D eigenvalue weighted by molar-refractivity contribution is 5.98. The van der Waals surface area contributed by atoms with Gasteiger partial charge in [-0.1, -0.05) is 6.07 Å². The normalized spacial score (nSPS) is 16.4. The lowest BCUT2D eigenvalue weighted by Gasteiger charge is -2.25. The predicted octanol–water partition coefficient (Wildman–Crippen LogP) is 2.27. The van der Waals surface area contributed by atoms with Gasteiger partial charge in [0.25, 0.3) is 0 Å². The van der Waals surface area contributed by atoms with Crippen LogP contribution in [0.25, 0.3) is 0 Å². The van der Waals surface area contributed by atoms with Gasteiger partial charge in [-0.15, -0.1) is 0 Å². The lowest BCUT2D eigenvalue weighted by molar-refractivity contribution is -0.117. The van der Waals surface area contributed by atoms with Crippen molar-refractivity contribution in [3.63, 3.8) is 0 Å². The van der Waals surface area contributed by atoms with Crippen LogP contribution in [0.4, 0.5) is 11.5 Å². The van der Waals surface area contributed by atoms with Crippen molar-refractivity contribution < 1.29 is 9.53 Å². The highest BCUT2D eigenvalue weighted by atomic mass is 16.5. The van der Waals surface area contributed by atoms with Crippen LogP contribution in [0.1, 0.15) is 24.1 Å². The zero-order valence-corrected chi connectivity index (χ0v) is 14.2. The van der Waals surface area contributed by atoms with E-state index < -0.39 is 0 Å². The minimum atomic E-state index is -0.326. The Balaban J connectivity index is 1.79. The number of amides is 1. The highest BCUT2D eigenvalue weighted by Crippen LogP contribution is 2.28. The number of anilines is 2. The number of nitriles is 1. The molecular formula is C18H19N5O2. The summed E-state index contributed by atoms with van der Waals surface area (Å²) < 4.78 is 5.32. The molecule has 1 aliphatic heterocycles. The van der Waals surface area contributed by atoms with Crippen LogP contribution in [-0.4, -0.2) is 35.6 Å². The monoisotopic (exact) mass is 337 g/mol. The third-order valence-corrected chi connectivity index (χ3v) is 4.22. The molecule has 0 aliphatic carbocycles. The van der Waals surface area contributed by atoms with E-state index in [0.29, 0.717) is 17.3 Å². The fraction of sp³-hybridized carbons (Fsp3) is 0.333. The molecule has 1 N–H and O–H groups in total. The summed E-state index contributed by atoms with van der Waals surface area (Å²) in [7, 11) is 1.58. The van der Waals surface area contributed by atoms with Gasteiger partial charge >= 0.3 is 0 Å². The number of benzene rings is 1. The SMILES string of the molecule is COc1ccc(C)cc1NC(=O)[C@H]1CCCN1c1cnc(C#N)cn1. The zero-order chi connectivity index (χ0) is 17.8. The first-order chi connectivity index (χ1) is 12.1. The van der Waals surface area contributed by atoms with E-state index in [1.54, 1.807) is 7.11 Å². The molecular weight excluding hydrogens is 318 g/mol. The van der Waals surface area contributed by atoms with Gasteiger partial charge in [0, 0.05) is 6.54 Å². The van der Waals surface area contributed by atoms with Crippen molar-refractivity contribution in [2.45, 2.75) is 25.8 Å². The molecule has 1 aromatic heterocycles. The van der Waals surface area contributed by atoms with Gasteiger partial charge in [-0.25, -0.2) is 9.97 Å². The molecule has 1 aromatic carbocycles. The molecule has 2 aromatic rings. The van der Waals surface area contributed by atoms with E-state index in [2.05, 4.69) is 15.3 Å². The van der Waals surface area contributed by atoms with Crippen LogP contribution >= 0.6 is 0 Å². The largest absolute Gasteiger partial charge is 0.495 e. The summed E-state index contributed by atoms with van der Waals surface area (Å²) in [5, 5.41) is 11.8. The Hall–Kier alpha value is -3.14. The first kappa shape index (κ1) is 16.7. The van der Waals surface area contributed by atoms with Gasteiger partial charge in [-0.05, 0) is 37.5 Å². The van der Waals surface area contributed by atoms with Gasteiger partial charge in [-0.3, -0.25) is 4.79 Å². The maximum atomic E-state index is 12.8. The number of ether oxygens (including phenoxy) is 1. The molecule has 1 fully saturated rings. The van der Waals surface area contributed by atoms with Crippen LogP contribution in [-0.2, 0) is 4.79 Å². The molecule has 0 bridgehead atoms. The Morgan fingerprint density at radius 2 is 2.24 bits per heavy atom.